The fourth-order valence-electron chi connectivity index (χ4n) is 1.74. The van der Waals surface area contributed by atoms with Gasteiger partial charge in [0.05, 0.1) is 29.5 Å². The Labute approximate surface area is 124 Å². The van der Waals surface area contributed by atoms with Crippen LogP contribution >= 0.6 is 0 Å². The third-order valence-corrected chi connectivity index (χ3v) is 2.77. The van der Waals surface area contributed by atoms with E-state index in [-0.39, 0.29) is 22.8 Å². The van der Waals surface area contributed by atoms with Crippen LogP contribution in [0.15, 0.2) is 42.5 Å². The number of nitro groups is 1. The van der Waals surface area contributed by atoms with Crippen LogP contribution in [0.25, 0.3) is 0 Å². The van der Waals surface area contributed by atoms with Crippen LogP contribution in [0.4, 0.5) is 26.2 Å². The number of nitrogens with one attached hydrogen (secondary N) is 2. The van der Waals surface area contributed by atoms with Crippen molar-refractivity contribution in [3.8, 4) is 5.75 Å². The van der Waals surface area contributed by atoms with Crippen molar-refractivity contribution < 1.29 is 18.8 Å². The van der Waals surface area contributed by atoms with Crippen molar-refractivity contribution in [1.82, 2.24) is 0 Å². The summed E-state index contributed by atoms with van der Waals surface area (Å²) in [7, 11) is 1.32. The van der Waals surface area contributed by atoms with E-state index in [2.05, 4.69) is 10.6 Å². The first kappa shape index (κ1) is 15.2. The molecule has 2 amide bonds. The molecule has 0 aromatic heterocycles. The first-order valence-electron chi connectivity index (χ1n) is 6.16. The molecule has 0 saturated carbocycles. The van der Waals surface area contributed by atoms with E-state index in [1.54, 1.807) is 6.07 Å². The lowest BCUT2D eigenvalue weighted by atomic mass is 10.2. The minimum absolute atomic E-state index is 0.0147. The van der Waals surface area contributed by atoms with Crippen LogP contribution in [0.2, 0.25) is 0 Å². The van der Waals surface area contributed by atoms with Gasteiger partial charge in [-0.05, 0) is 18.2 Å². The predicted octanol–water partition coefficient (Wildman–Crippen LogP) is 3.39. The van der Waals surface area contributed by atoms with E-state index in [1.807, 2.05) is 0 Å². The van der Waals surface area contributed by atoms with Crippen molar-refractivity contribution in [2.75, 3.05) is 17.7 Å². The zero-order valence-corrected chi connectivity index (χ0v) is 11.5. The summed E-state index contributed by atoms with van der Waals surface area (Å²) < 4.78 is 18.4. The zero-order valence-electron chi connectivity index (χ0n) is 11.5. The van der Waals surface area contributed by atoms with E-state index in [9.17, 15) is 19.3 Å². The molecule has 2 N–H and O–H groups in total. The van der Waals surface area contributed by atoms with E-state index >= 15 is 0 Å². The first-order valence-corrected chi connectivity index (χ1v) is 6.16. The molecule has 0 spiro atoms. The maximum atomic E-state index is 13.4. The lowest BCUT2D eigenvalue weighted by molar-refractivity contribution is -0.384. The number of carbonyl (C=O) groups is 1. The van der Waals surface area contributed by atoms with Gasteiger partial charge in [0.15, 0.2) is 0 Å². The Kier molecular flexibility index (Phi) is 4.52. The second kappa shape index (κ2) is 6.53. The fourth-order valence-corrected chi connectivity index (χ4v) is 1.74. The van der Waals surface area contributed by atoms with Crippen molar-refractivity contribution >= 4 is 23.1 Å². The minimum atomic E-state index is -0.697. The van der Waals surface area contributed by atoms with Gasteiger partial charge in [0.1, 0.15) is 11.6 Å². The number of halogens is 1. The number of amides is 2. The van der Waals surface area contributed by atoms with Crippen LogP contribution in [-0.2, 0) is 0 Å². The van der Waals surface area contributed by atoms with Crippen LogP contribution < -0.4 is 15.4 Å². The number of methoxy groups -OCH3 is 1. The Morgan fingerprint density at radius 2 is 1.86 bits per heavy atom. The van der Waals surface area contributed by atoms with Gasteiger partial charge in [0.2, 0.25) is 0 Å². The van der Waals surface area contributed by atoms with Crippen LogP contribution in [0.1, 0.15) is 0 Å². The molecule has 0 bridgehead atoms. The number of hydrogen-bond acceptors (Lipinski definition) is 4. The van der Waals surface area contributed by atoms with E-state index < -0.39 is 16.8 Å². The third-order valence-electron chi connectivity index (χ3n) is 2.77. The fraction of sp³-hybridized carbons (Fsp3) is 0.0714. The molecule has 2 rings (SSSR count). The van der Waals surface area contributed by atoms with Crippen LogP contribution in [0.3, 0.4) is 0 Å². The summed E-state index contributed by atoms with van der Waals surface area (Å²) in [4.78, 5) is 22.0. The number of urea groups is 1. The number of anilines is 2. The summed E-state index contributed by atoms with van der Waals surface area (Å²) in [5, 5.41) is 15.5. The first-order chi connectivity index (χ1) is 10.5. The highest BCUT2D eigenvalue weighted by molar-refractivity contribution is 6.00. The molecule has 0 aliphatic rings. The molecule has 0 heterocycles. The Morgan fingerprint density at radius 1 is 1.18 bits per heavy atom. The highest BCUT2D eigenvalue weighted by Gasteiger charge is 2.14. The van der Waals surface area contributed by atoms with Crippen molar-refractivity contribution in [3.63, 3.8) is 0 Å². The molecule has 114 valence electrons. The molecule has 0 radical (unpaired) electrons. The molecule has 7 nitrogen and oxygen atoms in total. The summed E-state index contributed by atoms with van der Waals surface area (Å²) in [5.74, 6) is -0.453. The van der Waals surface area contributed by atoms with Gasteiger partial charge < -0.3 is 15.4 Å². The molecule has 2 aromatic carbocycles. The molecular weight excluding hydrogens is 293 g/mol. The topological polar surface area (TPSA) is 93.5 Å². The summed E-state index contributed by atoms with van der Waals surface area (Å²) in [6.45, 7) is 0. The Morgan fingerprint density at radius 3 is 2.50 bits per heavy atom. The van der Waals surface area contributed by atoms with Crippen LogP contribution in [0.5, 0.6) is 5.75 Å². The smallest absolute Gasteiger partial charge is 0.323 e. The lowest BCUT2D eigenvalue weighted by Gasteiger charge is -2.11. The number of non-ortho nitro benzene ring substituents is 1. The number of rotatable bonds is 4. The summed E-state index contributed by atoms with van der Waals surface area (Å²) in [6, 6.07) is 8.72. The standard InChI is InChI=1S/C14H12FN3O4/c1-22-13-8-9(18(20)21)6-7-12(13)17-14(19)16-11-5-3-2-4-10(11)15/h2-8H,1H3,(H2,16,17,19). The number of carbonyl (C=O) groups excluding carboxylic acids is 1. The van der Waals surface area contributed by atoms with Crippen molar-refractivity contribution in [1.29, 1.82) is 0 Å². The van der Waals surface area contributed by atoms with Gasteiger partial charge in [-0.25, -0.2) is 9.18 Å². The van der Waals surface area contributed by atoms with E-state index in [0.29, 0.717) is 0 Å². The molecule has 8 heteroatoms. The maximum Gasteiger partial charge on any atom is 0.323 e. The second-order valence-electron chi connectivity index (χ2n) is 4.20. The third kappa shape index (κ3) is 3.48. The van der Waals surface area contributed by atoms with Gasteiger partial charge in [-0.1, -0.05) is 12.1 Å². The number of hydrogen-bond donors (Lipinski definition) is 2. The number of nitro benzene ring substituents is 1. The van der Waals surface area contributed by atoms with Gasteiger partial charge in [0.25, 0.3) is 5.69 Å². The zero-order chi connectivity index (χ0) is 16.1. The number of nitrogens with zero attached hydrogens (tertiary/aromatic N) is 1. The highest BCUT2D eigenvalue weighted by Crippen LogP contribution is 2.29. The van der Waals surface area contributed by atoms with Gasteiger partial charge in [-0.15, -0.1) is 0 Å². The summed E-state index contributed by atoms with van der Waals surface area (Å²) in [6.07, 6.45) is 0. The van der Waals surface area contributed by atoms with Gasteiger partial charge in [0, 0.05) is 6.07 Å². The quantitative estimate of drug-likeness (QED) is 0.668. The molecule has 0 unspecified atom stereocenters. The lowest BCUT2D eigenvalue weighted by Crippen LogP contribution is -2.20. The van der Waals surface area contributed by atoms with Crippen molar-refractivity contribution in [3.05, 3.63) is 58.4 Å². The average Bonchev–Trinajstić information content (AvgIpc) is 2.49. The molecule has 0 saturated heterocycles. The van der Waals surface area contributed by atoms with E-state index in [4.69, 9.17) is 4.74 Å². The average molecular weight is 305 g/mol. The molecular formula is C14H12FN3O4. The molecule has 0 aliphatic carbocycles. The Balaban J connectivity index is 2.15. The predicted molar refractivity (Wildman–Crippen MR) is 78.7 cm³/mol. The normalized spacial score (nSPS) is 9.91. The molecule has 0 atom stereocenters. The Hall–Kier alpha value is -3.16. The van der Waals surface area contributed by atoms with Gasteiger partial charge in [-0.2, -0.15) is 0 Å². The number of ether oxygens (including phenoxy) is 1. The molecule has 0 aliphatic heterocycles. The molecule has 0 fully saturated rings. The van der Waals surface area contributed by atoms with Gasteiger partial charge in [-0.3, -0.25) is 10.1 Å². The van der Waals surface area contributed by atoms with E-state index in [0.717, 1.165) is 0 Å². The minimum Gasteiger partial charge on any atom is -0.494 e. The summed E-state index contributed by atoms with van der Waals surface area (Å²) >= 11 is 0. The van der Waals surface area contributed by atoms with Gasteiger partial charge >= 0.3 is 6.03 Å². The maximum absolute atomic E-state index is 13.4. The van der Waals surface area contributed by atoms with Crippen molar-refractivity contribution in [2.45, 2.75) is 0 Å². The molecule has 22 heavy (non-hydrogen) atoms. The number of para-hydroxylation sites is 1. The Bertz CT molecular complexity index is 721. The van der Waals surface area contributed by atoms with Crippen LogP contribution in [0, 0.1) is 15.9 Å². The monoisotopic (exact) mass is 305 g/mol. The number of benzene rings is 2. The highest BCUT2D eigenvalue weighted by atomic mass is 19.1. The SMILES string of the molecule is COc1cc([N+](=O)[O-])ccc1NC(=O)Nc1ccccc1F. The van der Waals surface area contributed by atoms with E-state index in [1.165, 1.54) is 43.5 Å². The second-order valence-corrected chi connectivity index (χ2v) is 4.20. The largest absolute Gasteiger partial charge is 0.494 e. The van der Waals surface area contributed by atoms with Crippen molar-refractivity contribution in [2.24, 2.45) is 0 Å². The van der Waals surface area contributed by atoms with Crippen LogP contribution in [-0.4, -0.2) is 18.1 Å². The summed E-state index contributed by atoms with van der Waals surface area (Å²) in [5.41, 5.74) is 0.0692. The molecule has 2 aromatic rings.